The van der Waals surface area contributed by atoms with Crippen molar-refractivity contribution in [2.24, 2.45) is 0 Å². The molecule has 2 aromatic rings. The number of hydrogen-bond donors (Lipinski definition) is 1. The van der Waals surface area contributed by atoms with Crippen molar-refractivity contribution in [1.29, 1.82) is 0 Å². The third-order valence-electron chi connectivity index (χ3n) is 2.38. The van der Waals surface area contributed by atoms with Gasteiger partial charge in [-0.2, -0.15) is 0 Å². The van der Waals surface area contributed by atoms with Gasteiger partial charge in [0.05, 0.1) is 3.79 Å². The highest BCUT2D eigenvalue weighted by molar-refractivity contribution is 9.11. The van der Waals surface area contributed by atoms with Crippen molar-refractivity contribution in [2.75, 3.05) is 0 Å². The molecule has 0 aliphatic heterocycles. The van der Waals surface area contributed by atoms with E-state index in [4.69, 9.17) is 0 Å². The number of nitrogens with zero attached hydrogens (tertiary/aromatic N) is 1. The Bertz CT molecular complexity index is 473. The molecule has 0 saturated heterocycles. The van der Waals surface area contributed by atoms with Gasteiger partial charge in [0, 0.05) is 25.0 Å². The van der Waals surface area contributed by atoms with Gasteiger partial charge in [0.25, 0.3) is 0 Å². The van der Waals surface area contributed by atoms with Gasteiger partial charge in [-0.3, -0.25) is 4.98 Å². The van der Waals surface area contributed by atoms with E-state index in [9.17, 15) is 0 Å². The van der Waals surface area contributed by atoms with Crippen molar-refractivity contribution in [3.8, 4) is 0 Å². The fraction of sp³-hybridized carbons (Fsp3) is 0.250. The molecule has 0 saturated carbocycles. The molecule has 0 aliphatic rings. The van der Waals surface area contributed by atoms with E-state index in [0.29, 0.717) is 0 Å². The first-order valence-electron chi connectivity index (χ1n) is 5.10. The molecule has 5 heteroatoms. The van der Waals surface area contributed by atoms with Crippen LogP contribution in [0.3, 0.4) is 0 Å². The van der Waals surface area contributed by atoms with Crippen LogP contribution in [0.2, 0.25) is 0 Å². The molecule has 0 amide bonds. The van der Waals surface area contributed by atoms with E-state index >= 15 is 0 Å². The molecule has 0 aromatic carbocycles. The number of halogens is 2. The number of hydrogen-bond acceptors (Lipinski definition) is 3. The number of aryl methyl sites for hydroxylation is 1. The van der Waals surface area contributed by atoms with Gasteiger partial charge in [0.15, 0.2) is 0 Å². The van der Waals surface area contributed by atoms with Crippen molar-refractivity contribution in [1.82, 2.24) is 10.3 Å². The van der Waals surface area contributed by atoms with E-state index in [1.54, 1.807) is 11.3 Å². The summed E-state index contributed by atoms with van der Waals surface area (Å²) in [5, 5.41) is 5.58. The van der Waals surface area contributed by atoms with Crippen LogP contribution >= 0.6 is 39.7 Å². The molecule has 2 nitrogen and oxygen atoms in total. The maximum absolute atomic E-state index is 4.26. The average molecular weight is 334 g/mol. The van der Waals surface area contributed by atoms with Gasteiger partial charge in [-0.05, 0) is 51.5 Å². The molecule has 17 heavy (non-hydrogen) atoms. The molecule has 0 fully saturated rings. The number of pyridine rings is 1. The van der Waals surface area contributed by atoms with Gasteiger partial charge in [-0.15, -0.1) is 23.7 Å². The van der Waals surface area contributed by atoms with E-state index in [2.05, 4.69) is 43.7 Å². The van der Waals surface area contributed by atoms with Crippen LogP contribution in [0.15, 0.2) is 33.6 Å². The number of rotatable bonds is 4. The monoisotopic (exact) mass is 332 g/mol. The molecule has 0 aliphatic carbocycles. The second-order valence-electron chi connectivity index (χ2n) is 3.61. The van der Waals surface area contributed by atoms with Crippen LogP contribution in [0.5, 0.6) is 0 Å². The summed E-state index contributed by atoms with van der Waals surface area (Å²) in [4.78, 5) is 4.26. The normalized spacial score (nSPS) is 10.0. The summed E-state index contributed by atoms with van der Waals surface area (Å²) in [5.41, 5.74) is 3.68. The quantitative estimate of drug-likeness (QED) is 0.917. The Hall–Kier alpha value is -0.420. The van der Waals surface area contributed by atoms with Crippen LogP contribution in [0.25, 0.3) is 0 Å². The summed E-state index contributed by atoms with van der Waals surface area (Å²) in [6.45, 7) is 3.81. The first kappa shape index (κ1) is 14.6. The minimum atomic E-state index is 0. The topological polar surface area (TPSA) is 24.9 Å². The average Bonchev–Trinajstić information content (AvgIpc) is 2.67. The summed E-state index contributed by atoms with van der Waals surface area (Å²) < 4.78 is 1.18. The van der Waals surface area contributed by atoms with E-state index in [1.165, 1.54) is 14.9 Å². The predicted octanol–water partition coefficient (Wildman–Crippen LogP) is 3.93. The molecule has 0 atom stereocenters. The molecule has 2 heterocycles. The number of aromatic nitrogens is 1. The first-order valence-corrected chi connectivity index (χ1v) is 6.77. The standard InChI is InChI=1S/C12H13BrN2S.ClH/c1-9-11(3-2-4-15-9)7-14-6-10-5-12(13)16-8-10;/h2-5,8,14H,6-7H2,1H3;1H. The van der Waals surface area contributed by atoms with Crippen LogP contribution in [0, 0.1) is 6.92 Å². The lowest BCUT2D eigenvalue weighted by Crippen LogP contribution is -2.13. The molecule has 2 aromatic heterocycles. The van der Waals surface area contributed by atoms with Crippen molar-refractivity contribution >= 4 is 39.7 Å². The van der Waals surface area contributed by atoms with Crippen LogP contribution in [0.1, 0.15) is 16.8 Å². The maximum Gasteiger partial charge on any atom is 0.0701 e. The van der Waals surface area contributed by atoms with Gasteiger partial charge >= 0.3 is 0 Å². The fourth-order valence-corrected chi connectivity index (χ4v) is 2.69. The third-order valence-corrected chi connectivity index (χ3v) is 3.94. The van der Waals surface area contributed by atoms with E-state index < -0.39 is 0 Å². The van der Waals surface area contributed by atoms with Gasteiger partial charge < -0.3 is 5.32 Å². The summed E-state index contributed by atoms with van der Waals surface area (Å²) in [5.74, 6) is 0. The Morgan fingerprint density at radius 2 is 2.24 bits per heavy atom. The Morgan fingerprint density at radius 1 is 1.41 bits per heavy atom. The smallest absolute Gasteiger partial charge is 0.0701 e. The molecule has 0 unspecified atom stereocenters. The van der Waals surface area contributed by atoms with Crippen molar-refractivity contribution in [3.05, 3.63) is 50.4 Å². The minimum Gasteiger partial charge on any atom is -0.309 e. The molecule has 1 N–H and O–H groups in total. The molecule has 0 radical (unpaired) electrons. The Balaban J connectivity index is 0.00000144. The molecular formula is C12H14BrClN2S. The zero-order valence-electron chi connectivity index (χ0n) is 9.44. The van der Waals surface area contributed by atoms with Crippen LogP contribution in [0.4, 0.5) is 0 Å². The lowest BCUT2D eigenvalue weighted by atomic mass is 10.2. The lowest BCUT2D eigenvalue weighted by molar-refractivity contribution is 0.689. The highest BCUT2D eigenvalue weighted by Gasteiger charge is 1.99. The molecule has 0 bridgehead atoms. The minimum absolute atomic E-state index is 0. The maximum atomic E-state index is 4.26. The molecular weight excluding hydrogens is 320 g/mol. The summed E-state index contributed by atoms with van der Waals surface area (Å²) in [7, 11) is 0. The fourth-order valence-electron chi connectivity index (χ4n) is 1.48. The molecule has 0 spiro atoms. The zero-order chi connectivity index (χ0) is 11.4. The number of thiophene rings is 1. The third kappa shape index (κ3) is 4.39. The summed E-state index contributed by atoms with van der Waals surface area (Å²) >= 11 is 5.18. The predicted molar refractivity (Wildman–Crippen MR) is 78.8 cm³/mol. The van der Waals surface area contributed by atoms with Gasteiger partial charge in [-0.25, -0.2) is 0 Å². The zero-order valence-corrected chi connectivity index (χ0v) is 12.7. The van der Waals surface area contributed by atoms with Gasteiger partial charge in [0.2, 0.25) is 0 Å². The largest absolute Gasteiger partial charge is 0.309 e. The summed E-state index contributed by atoms with van der Waals surface area (Å²) in [6.07, 6.45) is 1.83. The number of nitrogens with one attached hydrogen (secondary N) is 1. The highest BCUT2D eigenvalue weighted by atomic mass is 79.9. The second kappa shape index (κ2) is 7.11. The van der Waals surface area contributed by atoms with Crippen LogP contribution < -0.4 is 5.32 Å². The van der Waals surface area contributed by atoms with E-state index in [0.717, 1.165) is 18.8 Å². The van der Waals surface area contributed by atoms with Crippen molar-refractivity contribution in [2.45, 2.75) is 20.0 Å². The first-order chi connectivity index (χ1) is 7.75. The Labute approximate surface area is 120 Å². The molecule has 2 rings (SSSR count). The van der Waals surface area contributed by atoms with Crippen LogP contribution in [-0.4, -0.2) is 4.98 Å². The lowest BCUT2D eigenvalue weighted by Gasteiger charge is -2.05. The Kier molecular flexibility index (Phi) is 6.12. The van der Waals surface area contributed by atoms with Crippen molar-refractivity contribution in [3.63, 3.8) is 0 Å². The van der Waals surface area contributed by atoms with Crippen LogP contribution in [-0.2, 0) is 13.1 Å². The summed E-state index contributed by atoms with van der Waals surface area (Å²) in [6, 6.07) is 6.23. The van der Waals surface area contributed by atoms with E-state index in [-0.39, 0.29) is 12.4 Å². The Morgan fingerprint density at radius 3 is 2.88 bits per heavy atom. The van der Waals surface area contributed by atoms with Crippen molar-refractivity contribution < 1.29 is 0 Å². The van der Waals surface area contributed by atoms with Gasteiger partial charge in [0.1, 0.15) is 0 Å². The second-order valence-corrected chi connectivity index (χ2v) is 5.90. The van der Waals surface area contributed by atoms with E-state index in [1.807, 2.05) is 19.2 Å². The SMILES string of the molecule is Cc1ncccc1CNCc1csc(Br)c1.Cl. The van der Waals surface area contributed by atoms with Gasteiger partial charge in [-0.1, -0.05) is 6.07 Å². The molecule has 92 valence electrons. The highest BCUT2D eigenvalue weighted by Crippen LogP contribution is 2.20.